The quantitative estimate of drug-likeness (QED) is 0.677. The Kier molecular flexibility index (Phi) is 4.82. The first-order valence-electron chi connectivity index (χ1n) is 7.20. The lowest BCUT2D eigenvalue weighted by Crippen LogP contribution is -2.60. The number of ether oxygens (including phenoxy) is 1. The van der Waals surface area contributed by atoms with Gasteiger partial charge in [0, 0.05) is 25.6 Å². The number of hydrogen-bond acceptors (Lipinski definition) is 4. The van der Waals surface area contributed by atoms with Crippen LogP contribution in [-0.2, 0) is 9.53 Å². The summed E-state index contributed by atoms with van der Waals surface area (Å²) in [5.74, 6) is -1.02. The van der Waals surface area contributed by atoms with Crippen molar-refractivity contribution in [2.75, 3.05) is 32.8 Å². The van der Waals surface area contributed by atoms with E-state index in [4.69, 9.17) is 4.74 Å². The van der Waals surface area contributed by atoms with Crippen molar-refractivity contribution in [3.05, 3.63) is 0 Å². The molecule has 2 aliphatic heterocycles. The molecule has 0 spiro atoms. The Bertz CT molecular complexity index is 363. The minimum Gasteiger partial charge on any atom is -0.479 e. The second-order valence-electron chi connectivity index (χ2n) is 5.39. The SMILES string of the molecule is CCN(C(=O)NC1(C(=O)O)CCOC1)C1CCNCC1. The summed E-state index contributed by atoms with van der Waals surface area (Å²) in [4.78, 5) is 25.6. The van der Waals surface area contributed by atoms with Crippen LogP contribution in [0.2, 0.25) is 0 Å². The molecule has 1 atom stereocenters. The molecule has 2 amide bonds. The molecule has 2 rings (SSSR count). The molecule has 2 saturated heterocycles. The van der Waals surface area contributed by atoms with Crippen molar-refractivity contribution in [1.82, 2.24) is 15.5 Å². The molecule has 0 bridgehead atoms. The van der Waals surface area contributed by atoms with E-state index in [1.807, 2.05) is 6.92 Å². The van der Waals surface area contributed by atoms with Crippen LogP contribution in [0.5, 0.6) is 0 Å². The average molecular weight is 285 g/mol. The molecule has 0 aliphatic carbocycles. The molecule has 0 saturated carbocycles. The summed E-state index contributed by atoms with van der Waals surface area (Å²) in [6.45, 7) is 4.68. The lowest BCUT2D eigenvalue weighted by molar-refractivity contribution is -0.144. The molecule has 0 aromatic rings. The first-order chi connectivity index (χ1) is 9.59. The first-order valence-corrected chi connectivity index (χ1v) is 7.20. The van der Waals surface area contributed by atoms with Gasteiger partial charge in [-0.25, -0.2) is 9.59 Å². The summed E-state index contributed by atoms with van der Waals surface area (Å²) >= 11 is 0. The van der Waals surface area contributed by atoms with Crippen molar-refractivity contribution >= 4 is 12.0 Å². The zero-order valence-electron chi connectivity index (χ0n) is 11.9. The molecule has 2 fully saturated rings. The zero-order valence-corrected chi connectivity index (χ0v) is 11.9. The maximum absolute atomic E-state index is 12.4. The Hall–Kier alpha value is -1.34. The van der Waals surface area contributed by atoms with Crippen LogP contribution in [-0.4, -0.2) is 66.4 Å². The third kappa shape index (κ3) is 3.04. The number of rotatable bonds is 4. The van der Waals surface area contributed by atoms with E-state index in [-0.39, 0.29) is 18.7 Å². The molecule has 7 nitrogen and oxygen atoms in total. The van der Waals surface area contributed by atoms with Crippen LogP contribution in [0.1, 0.15) is 26.2 Å². The molecule has 3 N–H and O–H groups in total. The van der Waals surface area contributed by atoms with Crippen LogP contribution in [0.15, 0.2) is 0 Å². The fraction of sp³-hybridized carbons (Fsp3) is 0.846. The number of nitrogens with zero attached hydrogens (tertiary/aromatic N) is 1. The smallest absolute Gasteiger partial charge is 0.332 e. The van der Waals surface area contributed by atoms with Crippen LogP contribution in [0.25, 0.3) is 0 Å². The number of urea groups is 1. The van der Waals surface area contributed by atoms with Gasteiger partial charge in [0.15, 0.2) is 5.54 Å². The van der Waals surface area contributed by atoms with E-state index in [9.17, 15) is 14.7 Å². The Morgan fingerprint density at radius 3 is 2.65 bits per heavy atom. The number of carboxylic acids is 1. The molecule has 1 unspecified atom stereocenters. The van der Waals surface area contributed by atoms with Crippen molar-refractivity contribution in [2.24, 2.45) is 0 Å². The molecule has 0 aromatic heterocycles. The minimum atomic E-state index is -1.27. The lowest BCUT2D eigenvalue weighted by atomic mass is 9.99. The topological polar surface area (TPSA) is 90.9 Å². The third-order valence-electron chi connectivity index (χ3n) is 4.13. The predicted octanol–water partition coefficient (Wildman–Crippen LogP) is 0.0136. The number of hydrogen-bond donors (Lipinski definition) is 3. The molecule has 0 radical (unpaired) electrons. The van der Waals surface area contributed by atoms with E-state index >= 15 is 0 Å². The number of amides is 2. The Labute approximate surface area is 118 Å². The van der Waals surface area contributed by atoms with Gasteiger partial charge < -0.3 is 25.4 Å². The van der Waals surface area contributed by atoms with Crippen molar-refractivity contribution < 1.29 is 19.4 Å². The van der Waals surface area contributed by atoms with Gasteiger partial charge in [-0.3, -0.25) is 0 Å². The molecular weight excluding hydrogens is 262 g/mol. The van der Waals surface area contributed by atoms with E-state index in [0.717, 1.165) is 25.9 Å². The molecule has 114 valence electrons. The summed E-state index contributed by atoms with van der Waals surface area (Å²) in [6, 6.07) is -0.123. The van der Waals surface area contributed by atoms with Gasteiger partial charge in [-0.15, -0.1) is 0 Å². The van der Waals surface area contributed by atoms with Crippen LogP contribution >= 0.6 is 0 Å². The second-order valence-corrected chi connectivity index (χ2v) is 5.39. The lowest BCUT2D eigenvalue weighted by Gasteiger charge is -2.36. The standard InChI is InChI=1S/C13H23N3O4/c1-2-16(10-3-6-14-7-4-10)12(19)15-13(11(17)18)5-8-20-9-13/h10,14H,2-9H2,1H3,(H,15,19)(H,17,18). The van der Waals surface area contributed by atoms with Crippen LogP contribution in [0.3, 0.4) is 0 Å². The maximum atomic E-state index is 12.4. The Morgan fingerprint density at radius 1 is 1.45 bits per heavy atom. The second kappa shape index (κ2) is 6.41. The van der Waals surface area contributed by atoms with E-state index < -0.39 is 11.5 Å². The Balaban J connectivity index is 2.02. The van der Waals surface area contributed by atoms with Gasteiger partial charge in [0.1, 0.15) is 0 Å². The van der Waals surface area contributed by atoms with Gasteiger partial charge in [0.25, 0.3) is 0 Å². The highest BCUT2D eigenvalue weighted by molar-refractivity contribution is 5.86. The van der Waals surface area contributed by atoms with Crippen molar-refractivity contribution in [1.29, 1.82) is 0 Å². The fourth-order valence-electron chi connectivity index (χ4n) is 2.85. The molecular formula is C13H23N3O4. The minimum absolute atomic E-state index is 0.0395. The van der Waals surface area contributed by atoms with E-state index in [2.05, 4.69) is 10.6 Å². The van der Waals surface area contributed by atoms with Crippen LogP contribution < -0.4 is 10.6 Å². The van der Waals surface area contributed by atoms with Gasteiger partial charge in [-0.05, 0) is 32.9 Å². The Morgan fingerprint density at radius 2 is 2.15 bits per heavy atom. The van der Waals surface area contributed by atoms with Gasteiger partial charge in [0.05, 0.1) is 6.61 Å². The number of aliphatic carboxylic acids is 1. The number of carbonyl (C=O) groups is 2. The molecule has 7 heteroatoms. The largest absolute Gasteiger partial charge is 0.479 e. The number of piperidine rings is 1. The third-order valence-corrected chi connectivity index (χ3v) is 4.13. The molecule has 0 aromatic carbocycles. The zero-order chi connectivity index (χ0) is 14.6. The molecule has 2 aliphatic rings. The average Bonchev–Trinajstić information content (AvgIpc) is 2.90. The van der Waals surface area contributed by atoms with Crippen molar-refractivity contribution in [2.45, 2.75) is 37.8 Å². The summed E-state index contributed by atoms with van der Waals surface area (Å²) < 4.78 is 5.16. The monoisotopic (exact) mass is 285 g/mol. The van der Waals surface area contributed by atoms with Gasteiger partial charge in [0.2, 0.25) is 0 Å². The summed E-state index contributed by atoms with van der Waals surface area (Å²) in [7, 11) is 0. The number of carbonyl (C=O) groups excluding carboxylic acids is 1. The highest BCUT2D eigenvalue weighted by Gasteiger charge is 2.45. The van der Waals surface area contributed by atoms with Crippen LogP contribution in [0.4, 0.5) is 4.79 Å². The van der Waals surface area contributed by atoms with Crippen LogP contribution in [0, 0.1) is 0 Å². The molecule has 20 heavy (non-hydrogen) atoms. The summed E-state index contributed by atoms with van der Waals surface area (Å²) in [6.07, 6.45) is 2.12. The first kappa shape index (κ1) is 15.1. The normalized spacial score (nSPS) is 27.2. The van der Waals surface area contributed by atoms with E-state index in [1.54, 1.807) is 4.90 Å². The fourth-order valence-corrected chi connectivity index (χ4v) is 2.85. The highest BCUT2D eigenvalue weighted by Crippen LogP contribution is 2.20. The maximum Gasteiger partial charge on any atom is 0.332 e. The predicted molar refractivity (Wildman–Crippen MR) is 72.6 cm³/mol. The van der Waals surface area contributed by atoms with Gasteiger partial charge >= 0.3 is 12.0 Å². The van der Waals surface area contributed by atoms with Gasteiger partial charge in [-0.1, -0.05) is 0 Å². The van der Waals surface area contributed by atoms with Crippen molar-refractivity contribution in [3.63, 3.8) is 0 Å². The van der Waals surface area contributed by atoms with Gasteiger partial charge in [-0.2, -0.15) is 0 Å². The molecule has 2 heterocycles. The number of carboxylic acid groups (broad SMARTS) is 1. The highest BCUT2D eigenvalue weighted by atomic mass is 16.5. The van der Waals surface area contributed by atoms with E-state index in [0.29, 0.717) is 19.6 Å². The van der Waals surface area contributed by atoms with Crippen molar-refractivity contribution in [3.8, 4) is 0 Å². The van der Waals surface area contributed by atoms with E-state index in [1.165, 1.54) is 0 Å². The number of nitrogens with one attached hydrogen (secondary N) is 2. The summed E-state index contributed by atoms with van der Waals surface area (Å²) in [5, 5.41) is 15.3. The summed E-state index contributed by atoms with van der Waals surface area (Å²) in [5.41, 5.74) is -1.27.